The lowest BCUT2D eigenvalue weighted by atomic mass is 10.1. The molecule has 0 spiro atoms. The van der Waals surface area contributed by atoms with Gasteiger partial charge in [0, 0.05) is 12.3 Å². The van der Waals surface area contributed by atoms with Crippen molar-refractivity contribution in [3.05, 3.63) is 57.2 Å². The quantitative estimate of drug-likeness (QED) is 0.646. The monoisotopic (exact) mass is 277 g/mol. The number of rotatable bonds is 3. The van der Waals surface area contributed by atoms with Gasteiger partial charge in [-0.3, -0.25) is 10.1 Å². The van der Waals surface area contributed by atoms with Gasteiger partial charge in [0.2, 0.25) is 0 Å². The van der Waals surface area contributed by atoms with Gasteiger partial charge in [0.1, 0.15) is 0 Å². The van der Waals surface area contributed by atoms with Crippen molar-refractivity contribution in [1.29, 1.82) is 0 Å². The van der Waals surface area contributed by atoms with Gasteiger partial charge in [0.15, 0.2) is 5.50 Å². The maximum Gasteiger partial charge on any atom is 0.278 e. The first-order chi connectivity index (χ1) is 9.20. The number of para-hydroxylation sites is 1. The summed E-state index contributed by atoms with van der Waals surface area (Å²) in [4.78, 5) is 12.5. The summed E-state index contributed by atoms with van der Waals surface area (Å²) in [5, 5.41) is 25.3. The van der Waals surface area contributed by atoms with E-state index in [1.54, 1.807) is 24.4 Å². The molecule has 0 saturated carbocycles. The van der Waals surface area contributed by atoms with Crippen molar-refractivity contribution < 1.29 is 10.0 Å². The number of nitrogens with zero attached hydrogens (tertiary/aromatic N) is 2. The van der Waals surface area contributed by atoms with Crippen LogP contribution in [-0.4, -0.2) is 27.0 Å². The van der Waals surface area contributed by atoms with E-state index in [0.29, 0.717) is 11.3 Å². The fourth-order valence-electron chi connectivity index (χ4n) is 2.11. The predicted molar refractivity (Wildman–Crippen MR) is 72.6 cm³/mol. The number of aliphatic hydroxyl groups is 1. The molecule has 0 radical (unpaired) electrons. The van der Waals surface area contributed by atoms with Gasteiger partial charge in [-0.1, -0.05) is 23.9 Å². The topological polar surface area (TPSA) is 78.6 Å². The summed E-state index contributed by atoms with van der Waals surface area (Å²) in [5.74, 6) is 0. The highest BCUT2D eigenvalue weighted by Crippen LogP contribution is 2.37. The number of nitro benzene ring substituents is 1. The van der Waals surface area contributed by atoms with Crippen molar-refractivity contribution in [3.63, 3.8) is 0 Å². The van der Waals surface area contributed by atoms with E-state index in [2.05, 4.69) is 5.32 Å². The molecular weight excluding hydrogens is 266 g/mol. The van der Waals surface area contributed by atoms with Crippen molar-refractivity contribution in [2.45, 2.75) is 5.50 Å². The van der Waals surface area contributed by atoms with Crippen molar-refractivity contribution in [2.75, 3.05) is 6.61 Å². The molecule has 1 aromatic rings. The zero-order valence-electron chi connectivity index (χ0n) is 9.81. The number of nitrogens with one attached hydrogen (secondary N) is 1. The van der Waals surface area contributed by atoms with Crippen molar-refractivity contribution in [3.8, 4) is 0 Å². The second kappa shape index (κ2) is 4.60. The van der Waals surface area contributed by atoms with Crippen LogP contribution in [0.3, 0.4) is 0 Å². The largest absolute Gasteiger partial charge is 0.390 e. The molecule has 2 aliphatic heterocycles. The molecular formula is C12H11N3O3S. The third-order valence-electron chi connectivity index (χ3n) is 3.02. The summed E-state index contributed by atoms with van der Waals surface area (Å²) in [5.41, 5.74) is 2.08. The number of benzene rings is 1. The molecule has 2 N–H and O–H groups in total. The molecule has 7 heteroatoms. The van der Waals surface area contributed by atoms with Crippen LogP contribution in [0.2, 0.25) is 0 Å². The fraction of sp³-hybridized carbons (Fsp3) is 0.167. The number of hydrogen-bond acceptors (Lipinski definition) is 6. The van der Waals surface area contributed by atoms with Crippen molar-refractivity contribution >= 4 is 23.1 Å². The molecule has 2 heterocycles. The van der Waals surface area contributed by atoms with E-state index in [1.807, 2.05) is 10.3 Å². The first-order valence-electron chi connectivity index (χ1n) is 5.66. The smallest absolute Gasteiger partial charge is 0.278 e. The molecule has 3 rings (SSSR count). The number of aliphatic hydroxyl groups excluding tert-OH is 1. The van der Waals surface area contributed by atoms with Gasteiger partial charge in [0.25, 0.3) is 5.69 Å². The minimum Gasteiger partial charge on any atom is -0.390 e. The minimum atomic E-state index is -0.392. The maximum absolute atomic E-state index is 11.0. The molecule has 1 atom stereocenters. The Kier molecular flexibility index (Phi) is 2.92. The van der Waals surface area contributed by atoms with Gasteiger partial charge < -0.3 is 15.3 Å². The Labute approximate surface area is 113 Å². The van der Waals surface area contributed by atoms with Gasteiger partial charge in [-0.25, -0.2) is 0 Å². The summed E-state index contributed by atoms with van der Waals surface area (Å²) in [6, 6.07) is 6.61. The molecule has 98 valence electrons. The Morgan fingerprint density at radius 1 is 1.47 bits per heavy atom. The number of thioether (sulfide) groups is 1. The molecule has 0 aliphatic carbocycles. The van der Waals surface area contributed by atoms with Crippen LogP contribution in [0.25, 0.3) is 5.70 Å². The molecule has 0 bridgehead atoms. The Balaban J connectivity index is 1.97. The first-order valence-corrected chi connectivity index (χ1v) is 6.61. The summed E-state index contributed by atoms with van der Waals surface area (Å²) in [6.07, 6.45) is 1.80. The molecule has 2 aliphatic rings. The van der Waals surface area contributed by atoms with E-state index in [9.17, 15) is 15.2 Å². The fourth-order valence-corrected chi connectivity index (χ4v) is 3.12. The SMILES string of the molecule is O=[N+]([O-])c1ccccc1C1=CN2C(CO)=CS[C@@H]2N1. The number of fused-ring (bicyclic) bond motifs is 1. The average Bonchev–Trinajstić information content (AvgIpc) is 2.98. The average molecular weight is 277 g/mol. The highest BCUT2D eigenvalue weighted by atomic mass is 32.2. The molecule has 0 unspecified atom stereocenters. The highest BCUT2D eigenvalue weighted by Gasteiger charge is 2.32. The van der Waals surface area contributed by atoms with E-state index in [1.165, 1.54) is 17.8 Å². The maximum atomic E-state index is 11.0. The van der Waals surface area contributed by atoms with Crippen LogP contribution in [-0.2, 0) is 0 Å². The second-order valence-corrected chi connectivity index (χ2v) is 5.08. The lowest BCUT2D eigenvalue weighted by molar-refractivity contribution is -0.385. The zero-order chi connectivity index (χ0) is 13.4. The highest BCUT2D eigenvalue weighted by molar-refractivity contribution is 8.02. The molecule has 0 fully saturated rings. The normalized spacial score (nSPS) is 20.7. The van der Waals surface area contributed by atoms with Crippen molar-refractivity contribution in [1.82, 2.24) is 10.2 Å². The third-order valence-corrected chi connectivity index (χ3v) is 4.03. The molecule has 19 heavy (non-hydrogen) atoms. The summed E-state index contributed by atoms with van der Waals surface area (Å²) < 4.78 is 0. The third kappa shape index (κ3) is 1.96. The van der Waals surface area contributed by atoms with Crippen LogP contribution in [0.1, 0.15) is 5.56 Å². The molecule has 1 aromatic carbocycles. The lowest BCUT2D eigenvalue weighted by Crippen LogP contribution is -2.29. The molecule has 6 nitrogen and oxygen atoms in total. The second-order valence-electron chi connectivity index (χ2n) is 4.12. The Bertz CT molecular complexity index is 600. The van der Waals surface area contributed by atoms with Gasteiger partial charge in [-0.15, -0.1) is 0 Å². The Hall–Kier alpha value is -1.99. The molecule has 0 aromatic heterocycles. The molecule has 0 amide bonds. The van der Waals surface area contributed by atoms with Crippen molar-refractivity contribution in [2.24, 2.45) is 0 Å². The summed E-state index contributed by atoms with van der Waals surface area (Å²) in [6.45, 7) is -0.0498. The molecule has 0 saturated heterocycles. The lowest BCUT2D eigenvalue weighted by Gasteiger charge is -2.17. The summed E-state index contributed by atoms with van der Waals surface area (Å²) in [7, 11) is 0. The number of hydrogen-bond donors (Lipinski definition) is 2. The van der Waals surface area contributed by atoms with Crippen LogP contribution in [0.4, 0.5) is 5.69 Å². The predicted octanol–water partition coefficient (Wildman–Crippen LogP) is 1.66. The van der Waals surface area contributed by atoms with Crippen LogP contribution in [0.5, 0.6) is 0 Å². The zero-order valence-corrected chi connectivity index (χ0v) is 10.6. The Morgan fingerprint density at radius 2 is 2.26 bits per heavy atom. The van der Waals surface area contributed by atoms with Crippen LogP contribution >= 0.6 is 11.8 Å². The van der Waals surface area contributed by atoms with Crippen LogP contribution in [0.15, 0.2) is 41.6 Å². The van der Waals surface area contributed by atoms with Crippen LogP contribution < -0.4 is 5.32 Å². The van der Waals surface area contributed by atoms with Gasteiger partial charge in [-0.05, 0) is 11.5 Å². The summed E-state index contributed by atoms with van der Waals surface area (Å²) >= 11 is 1.53. The van der Waals surface area contributed by atoms with E-state index < -0.39 is 4.92 Å². The minimum absolute atomic E-state index is 0.0306. The van der Waals surface area contributed by atoms with E-state index in [0.717, 1.165) is 5.70 Å². The van der Waals surface area contributed by atoms with Gasteiger partial charge >= 0.3 is 0 Å². The Morgan fingerprint density at radius 3 is 3.00 bits per heavy atom. The number of nitro groups is 1. The standard InChI is InChI=1S/C12H11N3O3S/c16-6-8-7-19-12-13-10(5-14(8)12)9-3-1-2-4-11(9)15(17)18/h1-5,7,12-13,16H,6H2/t12-/m1/s1. The van der Waals surface area contributed by atoms with Crippen LogP contribution in [0, 0.1) is 10.1 Å². The van der Waals surface area contributed by atoms with Gasteiger partial charge in [-0.2, -0.15) is 0 Å². The van der Waals surface area contributed by atoms with E-state index in [4.69, 9.17) is 0 Å². The first kappa shape index (κ1) is 12.1. The van der Waals surface area contributed by atoms with E-state index in [-0.39, 0.29) is 17.8 Å². The van der Waals surface area contributed by atoms with Gasteiger partial charge in [0.05, 0.1) is 28.5 Å². The van der Waals surface area contributed by atoms with E-state index >= 15 is 0 Å².